The van der Waals surface area contributed by atoms with Crippen LogP contribution in [0.15, 0.2) is 47.4 Å². The molecule has 0 bridgehead atoms. The lowest BCUT2D eigenvalue weighted by molar-refractivity contribution is 0.343. The molecule has 1 aromatic carbocycles. The quantitative estimate of drug-likeness (QED) is 0.603. The van der Waals surface area contributed by atoms with Gasteiger partial charge < -0.3 is 10.5 Å². The fourth-order valence-corrected chi connectivity index (χ4v) is 2.79. The van der Waals surface area contributed by atoms with E-state index in [9.17, 15) is 4.79 Å². The number of hydrogen-bond donors (Lipinski definition) is 2. The number of benzene rings is 1. The monoisotopic (exact) mass is 321 g/mol. The molecule has 0 atom stereocenters. The molecule has 3 heterocycles. The minimum Gasteiger partial charge on any atom is -0.491 e. The Labute approximate surface area is 136 Å². The molecule has 0 saturated heterocycles. The number of nitrogens with two attached hydrogens (primary N) is 1. The van der Waals surface area contributed by atoms with Gasteiger partial charge in [-0.15, -0.1) is 0 Å². The Hall–Kier alpha value is -3.35. The van der Waals surface area contributed by atoms with E-state index in [0.29, 0.717) is 35.0 Å². The SMILES string of the molecule is CCOc1ccnc2[nH]c(=O)n(-c3ccc4nc(N)ccc4c3)c12. The highest BCUT2D eigenvalue weighted by molar-refractivity contribution is 5.85. The van der Waals surface area contributed by atoms with Crippen molar-refractivity contribution < 1.29 is 4.74 Å². The lowest BCUT2D eigenvalue weighted by Crippen LogP contribution is -2.15. The number of rotatable bonds is 3. The normalized spacial score (nSPS) is 11.2. The summed E-state index contributed by atoms with van der Waals surface area (Å²) in [7, 11) is 0. The van der Waals surface area contributed by atoms with Gasteiger partial charge >= 0.3 is 5.69 Å². The maximum absolute atomic E-state index is 12.5. The average Bonchev–Trinajstić information content (AvgIpc) is 2.91. The Morgan fingerprint density at radius 2 is 2.12 bits per heavy atom. The van der Waals surface area contributed by atoms with Crippen LogP contribution in [0.1, 0.15) is 6.92 Å². The second-order valence-corrected chi connectivity index (χ2v) is 5.32. The van der Waals surface area contributed by atoms with Crippen LogP contribution in [0.3, 0.4) is 0 Å². The Morgan fingerprint density at radius 1 is 1.25 bits per heavy atom. The Bertz CT molecular complexity index is 1110. The van der Waals surface area contributed by atoms with E-state index in [1.807, 2.05) is 31.2 Å². The molecule has 0 aliphatic heterocycles. The zero-order valence-corrected chi connectivity index (χ0v) is 13.0. The van der Waals surface area contributed by atoms with Crippen LogP contribution in [0.25, 0.3) is 27.8 Å². The molecule has 0 aliphatic rings. The van der Waals surface area contributed by atoms with Crippen LogP contribution in [0.4, 0.5) is 5.82 Å². The summed E-state index contributed by atoms with van der Waals surface area (Å²) in [6.45, 7) is 2.40. The van der Waals surface area contributed by atoms with Gasteiger partial charge in [-0.1, -0.05) is 0 Å². The predicted octanol–water partition coefficient (Wildman–Crippen LogP) is 2.24. The van der Waals surface area contributed by atoms with Crippen molar-refractivity contribution in [1.29, 1.82) is 0 Å². The van der Waals surface area contributed by atoms with Crippen LogP contribution in [0, 0.1) is 0 Å². The lowest BCUT2D eigenvalue weighted by atomic mass is 10.2. The van der Waals surface area contributed by atoms with E-state index in [-0.39, 0.29) is 5.69 Å². The summed E-state index contributed by atoms with van der Waals surface area (Å²) in [6, 6.07) is 10.9. The molecular weight excluding hydrogens is 306 g/mol. The van der Waals surface area contributed by atoms with Crippen molar-refractivity contribution >= 4 is 27.9 Å². The third kappa shape index (κ3) is 2.18. The standard InChI is InChI=1S/C17H15N5O2/c1-2-24-13-7-8-19-16-15(13)22(17(23)21-16)11-4-5-12-10(9-11)3-6-14(18)20-12/h3-9H,2H2,1H3,(H2,18,20)(H,19,21,23). The van der Waals surface area contributed by atoms with E-state index in [1.54, 1.807) is 22.9 Å². The van der Waals surface area contributed by atoms with E-state index in [1.165, 1.54) is 0 Å². The van der Waals surface area contributed by atoms with E-state index >= 15 is 0 Å². The van der Waals surface area contributed by atoms with Crippen molar-refractivity contribution in [2.75, 3.05) is 12.3 Å². The first-order chi connectivity index (χ1) is 11.7. The number of pyridine rings is 2. The van der Waals surface area contributed by atoms with Gasteiger partial charge in [0.25, 0.3) is 0 Å². The molecule has 4 rings (SSSR count). The first-order valence-electron chi connectivity index (χ1n) is 7.56. The van der Waals surface area contributed by atoms with E-state index in [4.69, 9.17) is 10.5 Å². The number of imidazole rings is 1. The summed E-state index contributed by atoms with van der Waals surface area (Å²) < 4.78 is 7.21. The second-order valence-electron chi connectivity index (χ2n) is 5.32. The van der Waals surface area contributed by atoms with Crippen molar-refractivity contribution in [3.63, 3.8) is 0 Å². The number of aromatic nitrogens is 4. The number of H-pyrrole nitrogens is 1. The van der Waals surface area contributed by atoms with Gasteiger partial charge in [-0.25, -0.2) is 14.8 Å². The minimum absolute atomic E-state index is 0.271. The summed E-state index contributed by atoms with van der Waals surface area (Å²) >= 11 is 0. The van der Waals surface area contributed by atoms with Crippen molar-refractivity contribution in [2.24, 2.45) is 0 Å². The lowest BCUT2D eigenvalue weighted by Gasteiger charge is -2.09. The largest absolute Gasteiger partial charge is 0.491 e. The molecule has 0 fully saturated rings. The van der Waals surface area contributed by atoms with Crippen molar-refractivity contribution in [2.45, 2.75) is 6.92 Å². The summed E-state index contributed by atoms with van der Waals surface area (Å²) in [5, 5.41) is 0.893. The van der Waals surface area contributed by atoms with Gasteiger partial charge in [-0.2, -0.15) is 0 Å². The molecular formula is C17H15N5O2. The molecule has 24 heavy (non-hydrogen) atoms. The second kappa shape index (κ2) is 5.38. The van der Waals surface area contributed by atoms with Gasteiger partial charge in [0, 0.05) is 17.6 Å². The van der Waals surface area contributed by atoms with E-state index in [2.05, 4.69) is 15.0 Å². The van der Waals surface area contributed by atoms with Crippen LogP contribution in [0.2, 0.25) is 0 Å². The summed E-state index contributed by atoms with van der Waals surface area (Å²) in [5.41, 5.74) is 8.03. The molecule has 3 aromatic heterocycles. The predicted molar refractivity (Wildman–Crippen MR) is 92.6 cm³/mol. The number of ether oxygens (including phenoxy) is 1. The molecule has 120 valence electrons. The Balaban J connectivity index is 2.00. The van der Waals surface area contributed by atoms with Gasteiger partial charge in [-0.05, 0) is 37.3 Å². The maximum Gasteiger partial charge on any atom is 0.332 e. The third-order valence-corrected chi connectivity index (χ3v) is 3.79. The van der Waals surface area contributed by atoms with Crippen LogP contribution in [-0.4, -0.2) is 26.1 Å². The highest BCUT2D eigenvalue weighted by Crippen LogP contribution is 2.26. The molecule has 7 nitrogen and oxygen atoms in total. The molecule has 0 unspecified atom stereocenters. The number of nitrogen functional groups attached to an aromatic ring is 1. The highest BCUT2D eigenvalue weighted by Gasteiger charge is 2.15. The van der Waals surface area contributed by atoms with Gasteiger partial charge in [0.15, 0.2) is 5.65 Å². The van der Waals surface area contributed by atoms with Gasteiger partial charge in [0.2, 0.25) is 0 Å². The minimum atomic E-state index is -0.271. The molecule has 4 aromatic rings. The van der Waals surface area contributed by atoms with E-state index < -0.39 is 0 Å². The van der Waals surface area contributed by atoms with Crippen molar-refractivity contribution in [1.82, 2.24) is 19.5 Å². The number of nitrogens with one attached hydrogen (secondary N) is 1. The summed E-state index contributed by atoms with van der Waals surface area (Å²) in [6.07, 6.45) is 1.61. The zero-order valence-electron chi connectivity index (χ0n) is 13.0. The fourth-order valence-electron chi connectivity index (χ4n) is 2.79. The molecule has 0 amide bonds. The topological polar surface area (TPSA) is 98.8 Å². The number of anilines is 1. The van der Waals surface area contributed by atoms with E-state index in [0.717, 1.165) is 10.9 Å². The molecule has 0 saturated carbocycles. The van der Waals surface area contributed by atoms with Crippen molar-refractivity contribution in [3.8, 4) is 11.4 Å². The average molecular weight is 321 g/mol. The Morgan fingerprint density at radius 3 is 2.96 bits per heavy atom. The van der Waals surface area contributed by atoms with Gasteiger partial charge in [0.1, 0.15) is 17.1 Å². The first-order valence-corrected chi connectivity index (χ1v) is 7.56. The molecule has 3 N–H and O–H groups in total. The van der Waals surface area contributed by atoms with Gasteiger partial charge in [-0.3, -0.25) is 9.55 Å². The van der Waals surface area contributed by atoms with Crippen LogP contribution in [-0.2, 0) is 0 Å². The smallest absolute Gasteiger partial charge is 0.332 e. The first kappa shape index (κ1) is 14.3. The maximum atomic E-state index is 12.5. The van der Waals surface area contributed by atoms with Crippen LogP contribution < -0.4 is 16.2 Å². The highest BCUT2D eigenvalue weighted by atomic mass is 16.5. The van der Waals surface area contributed by atoms with Gasteiger partial charge in [0.05, 0.1) is 17.8 Å². The fraction of sp³-hybridized carbons (Fsp3) is 0.118. The van der Waals surface area contributed by atoms with Crippen molar-refractivity contribution in [3.05, 3.63) is 53.1 Å². The van der Waals surface area contributed by atoms with Crippen LogP contribution >= 0.6 is 0 Å². The summed E-state index contributed by atoms with van der Waals surface area (Å²) in [4.78, 5) is 23.7. The molecule has 0 spiro atoms. The van der Waals surface area contributed by atoms with Crippen LogP contribution in [0.5, 0.6) is 5.75 Å². The zero-order chi connectivity index (χ0) is 16.7. The molecule has 0 aliphatic carbocycles. The molecule has 7 heteroatoms. The number of hydrogen-bond acceptors (Lipinski definition) is 5. The number of nitrogens with zero attached hydrogens (tertiary/aromatic N) is 3. The summed E-state index contributed by atoms with van der Waals surface area (Å²) in [5.74, 6) is 1.07. The number of aromatic amines is 1. The Kier molecular flexibility index (Phi) is 3.19. The number of fused-ring (bicyclic) bond motifs is 2. The third-order valence-electron chi connectivity index (χ3n) is 3.79. The molecule has 0 radical (unpaired) electrons.